The van der Waals surface area contributed by atoms with Crippen LogP contribution in [-0.2, 0) is 4.84 Å². The first-order valence-electron chi connectivity index (χ1n) is 3.11. The first-order chi connectivity index (χ1) is 4.13. The fourth-order valence-corrected chi connectivity index (χ4v) is 0.297. The average Bonchev–Trinajstić information content (AvgIpc) is 1.63. The summed E-state index contributed by atoms with van der Waals surface area (Å²) in [5.41, 5.74) is 0.718. The van der Waals surface area contributed by atoms with E-state index in [1.807, 2.05) is 0 Å². The molecule has 0 fully saturated rings. The minimum absolute atomic E-state index is 0.535. The van der Waals surface area contributed by atoms with E-state index >= 15 is 0 Å². The van der Waals surface area contributed by atoms with Gasteiger partial charge in [0.25, 0.3) is 0 Å². The van der Waals surface area contributed by atoms with Crippen LogP contribution in [0.25, 0.3) is 0 Å². The van der Waals surface area contributed by atoms with Crippen LogP contribution in [0.3, 0.4) is 0 Å². The van der Waals surface area contributed by atoms with Crippen molar-refractivity contribution in [2.24, 2.45) is 11.1 Å². The van der Waals surface area contributed by atoms with Crippen molar-refractivity contribution in [3.8, 4) is 0 Å². The van der Waals surface area contributed by atoms with Crippen molar-refractivity contribution in [2.45, 2.75) is 20.8 Å². The van der Waals surface area contributed by atoms with Crippen LogP contribution in [0.4, 0.5) is 0 Å². The predicted octanol–water partition coefficient (Wildman–Crippen LogP) is 1.87. The van der Waals surface area contributed by atoms with Gasteiger partial charge in [0.1, 0.15) is 6.61 Å². The Kier molecular flexibility index (Phi) is 4.10. The SMILES string of the molecule is [CH2]C(C)=NOCC(C)C. The van der Waals surface area contributed by atoms with Gasteiger partial charge < -0.3 is 4.84 Å². The van der Waals surface area contributed by atoms with Crippen LogP contribution < -0.4 is 0 Å². The van der Waals surface area contributed by atoms with Crippen LogP contribution in [0.2, 0.25) is 0 Å². The zero-order chi connectivity index (χ0) is 7.28. The zero-order valence-electron chi connectivity index (χ0n) is 6.35. The number of nitrogens with zero attached hydrogens (tertiary/aromatic N) is 1. The number of oxime groups is 1. The molecule has 2 nitrogen and oxygen atoms in total. The van der Waals surface area contributed by atoms with Crippen molar-refractivity contribution in [1.82, 2.24) is 0 Å². The Hall–Kier alpha value is -0.530. The van der Waals surface area contributed by atoms with E-state index in [-0.39, 0.29) is 0 Å². The van der Waals surface area contributed by atoms with E-state index in [4.69, 9.17) is 4.84 Å². The lowest BCUT2D eigenvalue weighted by atomic mass is 10.2. The van der Waals surface area contributed by atoms with Crippen LogP contribution in [0.15, 0.2) is 5.16 Å². The first-order valence-corrected chi connectivity index (χ1v) is 3.11. The van der Waals surface area contributed by atoms with Gasteiger partial charge in [0, 0.05) is 0 Å². The maximum Gasteiger partial charge on any atom is 0.119 e. The molecular weight excluding hydrogens is 114 g/mol. The monoisotopic (exact) mass is 128 g/mol. The van der Waals surface area contributed by atoms with Gasteiger partial charge in [-0.1, -0.05) is 19.0 Å². The lowest BCUT2D eigenvalue weighted by molar-refractivity contribution is 0.118. The zero-order valence-corrected chi connectivity index (χ0v) is 6.35. The Morgan fingerprint density at radius 3 is 2.56 bits per heavy atom. The van der Waals surface area contributed by atoms with Crippen molar-refractivity contribution >= 4 is 5.71 Å². The van der Waals surface area contributed by atoms with Crippen molar-refractivity contribution in [1.29, 1.82) is 0 Å². The highest BCUT2D eigenvalue weighted by Gasteiger charge is 1.90. The third-order valence-corrected chi connectivity index (χ3v) is 0.628. The van der Waals surface area contributed by atoms with Gasteiger partial charge in [0.2, 0.25) is 0 Å². The second-order valence-corrected chi connectivity index (χ2v) is 2.52. The molecule has 0 aromatic heterocycles. The molecule has 0 heterocycles. The molecule has 0 amide bonds. The van der Waals surface area contributed by atoms with Crippen molar-refractivity contribution in [2.75, 3.05) is 6.61 Å². The lowest BCUT2D eigenvalue weighted by Gasteiger charge is -2.01. The highest BCUT2D eigenvalue weighted by molar-refractivity contribution is 5.85. The molecule has 0 saturated carbocycles. The molecule has 0 atom stereocenters. The van der Waals surface area contributed by atoms with Crippen molar-refractivity contribution < 1.29 is 4.84 Å². The van der Waals surface area contributed by atoms with Gasteiger partial charge in [-0.15, -0.1) is 0 Å². The molecule has 1 radical (unpaired) electrons. The molecule has 0 saturated heterocycles. The summed E-state index contributed by atoms with van der Waals surface area (Å²) >= 11 is 0. The number of hydrogen-bond acceptors (Lipinski definition) is 2. The molecule has 0 spiro atoms. The molecular formula is C7H14NO. The maximum absolute atomic E-state index is 4.88. The largest absolute Gasteiger partial charge is 0.396 e. The molecule has 0 aromatic rings. The van der Waals surface area contributed by atoms with Gasteiger partial charge in [-0.2, -0.15) is 0 Å². The van der Waals surface area contributed by atoms with E-state index in [0.29, 0.717) is 12.5 Å². The van der Waals surface area contributed by atoms with E-state index in [1.54, 1.807) is 6.92 Å². The molecule has 0 N–H and O–H groups in total. The molecule has 0 aliphatic heterocycles. The standard InChI is InChI=1S/C7H14NO/c1-6(2)5-9-8-7(3)4/h6H,3,5H2,1-2,4H3. The van der Waals surface area contributed by atoms with Crippen LogP contribution in [0.1, 0.15) is 20.8 Å². The van der Waals surface area contributed by atoms with E-state index in [2.05, 4.69) is 25.9 Å². The predicted molar refractivity (Wildman–Crippen MR) is 39.3 cm³/mol. The normalized spacial score (nSPS) is 12.3. The highest BCUT2D eigenvalue weighted by atomic mass is 16.6. The van der Waals surface area contributed by atoms with E-state index < -0.39 is 0 Å². The fourth-order valence-electron chi connectivity index (χ4n) is 0.297. The van der Waals surface area contributed by atoms with Gasteiger partial charge in [-0.05, 0) is 19.8 Å². The van der Waals surface area contributed by atoms with Gasteiger partial charge in [-0.3, -0.25) is 0 Å². The maximum atomic E-state index is 4.88. The summed E-state index contributed by atoms with van der Waals surface area (Å²) in [6.07, 6.45) is 0. The summed E-state index contributed by atoms with van der Waals surface area (Å²) in [4.78, 5) is 4.88. The number of hydrogen-bond donors (Lipinski definition) is 0. The van der Waals surface area contributed by atoms with Gasteiger partial charge >= 0.3 is 0 Å². The number of rotatable bonds is 3. The molecule has 9 heavy (non-hydrogen) atoms. The van der Waals surface area contributed by atoms with Crippen LogP contribution in [0, 0.1) is 12.8 Å². The topological polar surface area (TPSA) is 21.6 Å². The summed E-state index contributed by atoms with van der Waals surface area (Å²) in [5.74, 6) is 0.535. The molecule has 0 aromatic carbocycles. The summed E-state index contributed by atoms with van der Waals surface area (Å²) in [6, 6.07) is 0. The third-order valence-electron chi connectivity index (χ3n) is 0.628. The van der Waals surface area contributed by atoms with Crippen LogP contribution >= 0.6 is 0 Å². The van der Waals surface area contributed by atoms with Gasteiger partial charge in [-0.25, -0.2) is 0 Å². The molecule has 0 unspecified atom stereocenters. The fraction of sp³-hybridized carbons (Fsp3) is 0.714. The highest BCUT2D eigenvalue weighted by Crippen LogP contribution is 1.92. The van der Waals surface area contributed by atoms with Crippen molar-refractivity contribution in [3.63, 3.8) is 0 Å². The Bertz CT molecular complexity index is 93.1. The second-order valence-electron chi connectivity index (χ2n) is 2.52. The summed E-state index contributed by atoms with van der Waals surface area (Å²) in [5, 5.41) is 3.67. The van der Waals surface area contributed by atoms with E-state index in [1.165, 1.54) is 0 Å². The second kappa shape index (κ2) is 4.36. The van der Waals surface area contributed by atoms with Gasteiger partial charge in [0.15, 0.2) is 0 Å². The van der Waals surface area contributed by atoms with E-state index in [0.717, 1.165) is 5.71 Å². The summed E-state index contributed by atoms with van der Waals surface area (Å²) in [7, 11) is 0. The van der Waals surface area contributed by atoms with Crippen molar-refractivity contribution in [3.05, 3.63) is 6.92 Å². The first kappa shape index (κ1) is 8.47. The quantitative estimate of drug-likeness (QED) is 0.420. The summed E-state index contributed by atoms with van der Waals surface area (Å²) in [6.45, 7) is 10.2. The Morgan fingerprint density at radius 2 is 2.22 bits per heavy atom. The molecule has 0 aliphatic rings. The lowest BCUT2D eigenvalue weighted by Crippen LogP contribution is -1.98. The average molecular weight is 128 g/mol. The Labute approximate surface area is 56.9 Å². The molecule has 0 bridgehead atoms. The Morgan fingerprint density at radius 1 is 1.67 bits per heavy atom. The molecule has 0 aliphatic carbocycles. The molecule has 2 heteroatoms. The van der Waals surface area contributed by atoms with Gasteiger partial charge in [0.05, 0.1) is 5.71 Å². The molecule has 0 rings (SSSR count). The minimum atomic E-state index is 0.535. The molecule has 53 valence electrons. The van der Waals surface area contributed by atoms with Crippen LogP contribution in [0.5, 0.6) is 0 Å². The Balaban J connectivity index is 3.20. The van der Waals surface area contributed by atoms with E-state index in [9.17, 15) is 0 Å². The van der Waals surface area contributed by atoms with Crippen LogP contribution in [-0.4, -0.2) is 12.3 Å². The third kappa shape index (κ3) is 7.47. The minimum Gasteiger partial charge on any atom is -0.396 e. The summed E-state index contributed by atoms with van der Waals surface area (Å²) < 4.78 is 0. The smallest absolute Gasteiger partial charge is 0.119 e.